The van der Waals surface area contributed by atoms with Crippen molar-refractivity contribution in [3.05, 3.63) is 24.0 Å². The molecule has 1 unspecified atom stereocenters. The zero-order valence-corrected chi connectivity index (χ0v) is 11.8. The normalized spacial score (nSPS) is 25.8. The monoisotopic (exact) mass is 280 g/mol. The van der Waals surface area contributed by atoms with Crippen LogP contribution >= 0.6 is 11.8 Å². The van der Waals surface area contributed by atoms with E-state index in [-0.39, 0.29) is 0 Å². The van der Waals surface area contributed by atoms with E-state index >= 15 is 0 Å². The number of thioether (sulfide) groups is 1. The Bertz CT molecular complexity index is 446. The molecule has 1 aromatic rings. The highest BCUT2D eigenvalue weighted by atomic mass is 32.2. The van der Waals surface area contributed by atoms with E-state index in [0.717, 1.165) is 32.0 Å². The van der Waals surface area contributed by atoms with Crippen molar-refractivity contribution in [2.75, 3.05) is 24.6 Å². The van der Waals surface area contributed by atoms with Crippen molar-refractivity contribution in [3.8, 4) is 0 Å². The minimum absolute atomic E-state index is 0.353. The van der Waals surface area contributed by atoms with Crippen molar-refractivity contribution >= 4 is 17.7 Å². The lowest BCUT2D eigenvalue weighted by atomic mass is 10.0. The molecule has 2 aliphatic rings. The molecule has 4 nitrogen and oxygen atoms in total. The lowest BCUT2D eigenvalue weighted by Crippen LogP contribution is -2.42. The first-order valence-corrected chi connectivity index (χ1v) is 8.13. The van der Waals surface area contributed by atoms with E-state index in [4.69, 9.17) is 0 Å². The summed E-state index contributed by atoms with van der Waals surface area (Å²) in [6.07, 6.45) is 5.36. The second-order valence-corrected chi connectivity index (χ2v) is 6.54. The number of carboxylic acid groups (broad SMARTS) is 1. The third-order valence-corrected chi connectivity index (χ3v) is 5.46. The first-order valence-electron chi connectivity index (χ1n) is 6.97. The molecule has 0 aromatic carbocycles. The van der Waals surface area contributed by atoms with E-state index in [9.17, 15) is 9.90 Å². The molecule has 0 spiro atoms. The zero-order valence-electron chi connectivity index (χ0n) is 11.0. The van der Waals surface area contributed by atoms with Gasteiger partial charge in [0.1, 0.15) is 5.69 Å². The zero-order chi connectivity index (χ0) is 13.2. The largest absolute Gasteiger partial charge is 0.477 e. The molecule has 0 aliphatic carbocycles. The summed E-state index contributed by atoms with van der Waals surface area (Å²) in [4.78, 5) is 13.8. The Kier molecular flexibility index (Phi) is 3.84. The second kappa shape index (κ2) is 5.59. The van der Waals surface area contributed by atoms with E-state index < -0.39 is 5.97 Å². The molecule has 0 amide bonds. The Morgan fingerprint density at radius 1 is 1.26 bits per heavy atom. The summed E-state index contributed by atoms with van der Waals surface area (Å²) >= 11 is 2.06. The molecule has 0 saturated carbocycles. The first kappa shape index (κ1) is 13.1. The van der Waals surface area contributed by atoms with Gasteiger partial charge < -0.3 is 9.67 Å². The Labute approximate surface area is 117 Å². The fraction of sp³-hybridized carbons (Fsp3) is 0.643. The van der Waals surface area contributed by atoms with E-state index in [1.807, 2.05) is 16.8 Å². The fourth-order valence-electron chi connectivity index (χ4n) is 3.23. The highest BCUT2D eigenvalue weighted by Gasteiger charge is 2.28. The highest BCUT2D eigenvalue weighted by Crippen LogP contribution is 2.29. The summed E-state index contributed by atoms with van der Waals surface area (Å²) in [6, 6.07) is 4.65. The molecule has 2 aliphatic heterocycles. The summed E-state index contributed by atoms with van der Waals surface area (Å²) in [5.41, 5.74) is 0.426. The van der Waals surface area contributed by atoms with E-state index in [1.165, 1.54) is 17.9 Å². The Hall–Kier alpha value is -0.940. The van der Waals surface area contributed by atoms with Gasteiger partial charge in [0.2, 0.25) is 0 Å². The maximum absolute atomic E-state index is 11.2. The van der Waals surface area contributed by atoms with Crippen LogP contribution in [0.1, 0.15) is 35.8 Å². The van der Waals surface area contributed by atoms with Crippen LogP contribution in [0.2, 0.25) is 0 Å². The first-order chi connectivity index (χ1) is 9.25. The lowest BCUT2D eigenvalue weighted by Gasteiger charge is -2.36. The van der Waals surface area contributed by atoms with Crippen LogP contribution in [-0.2, 0) is 0 Å². The van der Waals surface area contributed by atoms with Crippen molar-refractivity contribution in [2.45, 2.75) is 31.3 Å². The third kappa shape index (κ3) is 2.67. The van der Waals surface area contributed by atoms with Crippen LogP contribution in [0.25, 0.3) is 0 Å². The van der Waals surface area contributed by atoms with Gasteiger partial charge in [0, 0.05) is 37.1 Å². The van der Waals surface area contributed by atoms with Crippen LogP contribution in [0.4, 0.5) is 0 Å². The molecule has 3 rings (SSSR count). The minimum Gasteiger partial charge on any atom is -0.477 e. The van der Waals surface area contributed by atoms with Crippen LogP contribution in [0.15, 0.2) is 18.3 Å². The molecule has 2 saturated heterocycles. The predicted octanol–water partition coefficient (Wildman–Crippen LogP) is 2.33. The van der Waals surface area contributed by atoms with E-state index in [0.29, 0.717) is 11.7 Å². The van der Waals surface area contributed by atoms with Gasteiger partial charge in [0.05, 0.1) is 0 Å². The summed E-state index contributed by atoms with van der Waals surface area (Å²) in [5, 5.41) is 9.18. The van der Waals surface area contributed by atoms with Gasteiger partial charge in [0.25, 0.3) is 0 Å². The molecule has 0 radical (unpaired) electrons. The molecule has 19 heavy (non-hydrogen) atoms. The average molecular weight is 280 g/mol. The number of carboxylic acids is 1. The van der Waals surface area contributed by atoms with Crippen LogP contribution in [0.5, 0.6) is 0 Å². The SMILES string of the molecule is O=C(O)c1cccn1C1CCN(C2CCSC2)CC1. The smallest absolute Gasteiger partial charge is 0.352 e. The van der Waals surface area contributed by atoms with Gasteiger partial charge in [-0.1, -0.05) is 0 Å². The Balaban J connectivity index is 1.63. The van der Waals surface area contributed by atoms with Gasteiger partial charge in [-0.3, -0.25) is 4.90 Å². The van der Waals surface area contributed by atoms with Gasteiger partial charge in [0.15, 0.2) is 0 Å². The number of aromatic nitrogens is 1. The molecular formula is C14H20N2O2S. The molecular weight excluding hydrogens is 260 g/mol. The van der Waals surface area contributed by atoms with Gasteiger partial charge >= 0.3 is 5.97 Å². The number of carbonyl (C=O) groups is 1. The highest BCUT2D eigenvalue weighted by molar-refractivity contribution is 7.99. The molecule has 5 heteroatoms. The number of piperidine rings is 1. The number of aromatic carboxylic acids is 1. The molecule has 1 N–H and O–H groups in total. The lowest BCUT2D eigenvalue weighted by molar-refractivity contribution is 0.0676. The molecule has 1 aromatic heterocycles. The maximum Gasteiger partial charge on any atom is 0.352 e. The molecule has 1 atom stereocenters. The second-order valence-electron chi connectivity index (χ2n) is 5.39. The Morgan fingerprint density at radius 2 is 2.05 bits per heavy atom. The van der Waals surface area contributed by atoms with E-state index in [2.05, 4.69) is 16.7 Å². The predicted molar refractivity (Wildman–Crippen MR) is 77.0 cm³/mol. The molecule has 3 heterocycles. The van der Waals surface area contributed by atoms with Crippen molar-refractivity contribution in [1.82, 2.24) is 9.47 Å². The van der Waals surface area contributed by atoms with Gasteiger partial charge in [-0.15, -0.1) is 0 Å². The van der Waals surface area contributed by atoms with Gasteiger partial charge in [-0.2, -0.15) is 11.8 Å². The van der Waals surface area contributed by atoms with Gasteiger partial charge in [-0.05, 0) is 37.1 Å². The summed E-state index contributed by atoms with van der Waals surface area (Å²) < 4.78 is 1.95. The van der Waals surface area contributed by atoms with Crippen molar-refractivity contribution in [2.24, 2.45) is 0 Å². The van der Waals surface area contributed by atoms with Crippen LogP contribution < -0.4 is 0 Å². The topological polar surface area (TPSA) is 45.5 Å². The molecule has 104 valence electrons. The Morgan fingerprint density at radius 3 is 2.68 bits per heavy atom. The van der Waals surface area contributed by atoms with E-state index in [1.54, 1.807) is 6.07 Å². The van der Waals surface area contributed by atoms with Gasteiger partial charge in [-0.25, -0.2) is 4.79 Å². The van der Waals surface area contributed by atoms with Crippen molar-refractivity contribution in [1.29, 1.82) is 0 Å². The quantitative estimate of drug-likeness (QED) is 0.923. The number of rotatable bonds is 3. The van der Waals surface area contributed by atoms with Crippen LogP contribution in [0.3, 0.4) is 0 Å². The summed E-state index contributed by atoms with van der Waals surface area (Å²) in [6.45, 7) is 2.21. The number of hydrogen-bond acceptors (Lipinski definition) is 3. The number of likely N-dealkylation sites (tertiary alicyclic amines) is 1. The standard InChI is InChI=1S/C14H20N2O2S/c17-14(18)13-2-1-6-16(13)11-3-7-15(8-4-11)12-5-9-19-10-12/h1-2,6,11-12H,3-5,7-10H2,(H,17,18). The van der Waals surface area contributed by atoms with Crippen molar-refractivity contribution < 1.29 is 9.90 Å². The average Bonchev–Trinajstić information content (AvgIpc) is 3.10. The van der Waals surface area contributed by atoms with Crippen LogP contribution in [-0.4, -0.2) is 51.2 Å². The maximum atomic E-state index is 11.2. The molecule has 0 bridgehead atoms. The molecule has 2 fully saturated rings. The minimum atomic E-state index is -0.820. The summed E-state index contributed by atoms with van der Waals surface area (Å²) in [5.74, 6) is 1.75. The fourth-order valence-corrected chi connectivity index (χ4v) is 4.49. The summed E-state index contributed by atoms with van der Waals surface area (Å²) in [7, 11) is 0. The number of hydrogen-bond donors (Lipinski definition) is 1. The third-order valence-electron chi connectivity index (χ3n) is 4.31. The number of nitrogens with zero attached hydrogens (tertiary/aromatic N) is 2. The van der Waals surface area contributed by atoms with Crippen molar-refractivity contribution in [3.63, 3.8) is 0 Å². The van der Waals surface area contributed by atoms with Crippen LogP contribution in [0, 0.1) is 0 Å².